The van der Waals surface area contributed by atoms with Gasteiger partial charge in [0.15, 0.2) is 6.33 Å². The minimum atomic E-state index is 0.416. The van der Waals surface area contributed by atoms with Crippen LogP contribution in [0, 0.1) is 0 Å². The van der Waals surface area contributed by atoms with Gasteiger partial charge in [-0.15, -0.1) is 0 Å². The smallest absolute Gasteiger partial charge is 0.257 e. The average molecular weight is 176 g/mol. The number of aromatic nitrogens is 2. The van der Waals surface area contributed by atoms with Gasteiger partial charge >= 0.3 is 0 Å². The van der Waals surface area contributed by atoms with Gasteiger partial charge in [0, 0.05) is 16.9 Å². The van der Waals surface area contributed by atoms with Gasteiger partial charge < -0.3 is 16.0 Å². The lowest BCUT2D eigenvalue weighted by molar-refractivity contribution is 0.430. The Morgan fingerprint density at radius 2 is 1.77 bits per heavy atom. The van der Waals surface area contributed by atoms with E-state index in [9.17, 15) is 0 Å². The molecule has 1 heterocycles. The molecule has 1 aromatic carbocycles. The molecule has 13 heavy (non-hydrogen) atoms. The molecule has 0 bridgehead atoms. The van der Waals surface area contributed by atoms with Crippen molar-refractivity contribution in [2.45, 2.75) is 0 Å². The van der Waals surface area contributed by atoms with Crippen molar-refractivity contribution >= 4 is 11.4 Å². The summed E-state index contributed by atoms with van der Waals surface area (Å²) in [6, 6.07) is 5.12. The summed E-state index contributed by atoms with van der Waals surface area (Å²) >= 11 is 0. The summed E-state index contributed by atoms with van der Waals surface area (Å²) in [4.78, 5) is 3.88. The van der Waals surface area contributed by atoms with Crippen molar-refractivity contribution in [1.82, 2.24) is 10.1 Å². The molecule has 2 rings (SSSR count). The van der Waals surface area contributed by atoms with Gasteiger partial charge in [-0.05, 0) is 18.2 Å². The van der Waals surface area contributed by atoms with Crippen LogP contribution < -0.4 is 11.5 Å². The Kier molecular flexibility index (Phi) is 1.63. The lowest BCUT2D eigenvalue weighted by Gasteiger charge is -1.99. The van der Waals surface area contributed by atoms with E-state index in [0.717, 1.165) is 5.56 Å². The molecule has 5 heteroatoms. The Hall–Kier alpha value is -2.04. The fourth-order valence-corrected chi connectivity index (χ4v) is 1.10. The van der Waals surface area contributed by atoms with Crippen LogP contribution >= 0.6 is 0 Å². The molecule has 0 saturated heterocycles. The molecule has 1 aromatic heterocycles. The summed E-state index contributed by atoms with van der Waals surface area (Å²) in [5, 5.41) is 3.49. The first-order valence-electron chi connectivity index (χ1n) is 3.69. The number of anilines is 2. The molecule has 66 valence electrons. The van der Waals surface area contributed by atoms with Crippen molar-refractivity contribution in [2.24, 2.45) is 0 Å². The number of nitrogens with zero attached hydrogens (tertiary/aromatic N) is 2. The van der Waals surface area contributed by atoms with Gasteiger partial charge in [0.1, 0.15) is 0 Å². The summed E-state index contributed by atoms with van der Waals surface area (Å²) in [5.74, 6) is 0.416. The minimum absolute atomic E-state index is 0.416. The molecule has 0 aliphatic heterocycles. The molecule has 0 spiro atoms. The highest BCUT2D eigenvalue weighted by atomic mass is 16.5. The maximum Gasteiger partial charge on any atom is 0.257 e. The van der Waals surface area contributed by atoms with Crippen LogP contribution in [0.25, 0.3) is 11.5 Å². The average Bonchev–Trinajstić information content (AvgIpc) is 2.53. The number of benzene rings is 1. The fourth-order valence-electron chi connectivity index (χ4n) is 1.10. The van der Waals surface area contributed by atoms with Crippen LogP contribution in [0.4, 0.5) is 11.4 Å². The number of rotatable bonds is 1. The lowest BCUT2D eigenvalue weighted by Crippen LogP contribution is -1.91. The van der Waals surface area contributed by atoms with Gasteiger partial charge in [0.05, 0.1) is 0 Å². The van der Waals surface area contributed by atoms with E-state index in [0.29, 0.717) is 17.3 Å². The highest BCUT2D eigenvalue weighted by molar-refractivity contribution is 5.66. The van der Waals surface area contributed by atoms with Crippen molar-refractivity contribution in [3.05, 3.63) is 24.5 Å². The summed E-state index contributed by atoms with van der Waals surface area (Å²) < 4.78 is 4.86. The van der Waals surface area contributed by atoms with Crippen LogP contribution in [0.15, 0.2) is 29.0 Å². The second kappa shape index (κ2) is 2.78. The third-order valence-corrected chi connectivity index (χ3v) is 1.59. The summed E-state index contributed by atoms with van der Waals surface area (Å²) in [7, 11) is 0. The first-order valence-corrected chi connectivity index (χ1v) is 3.69. The molecule has 0 aliphatic carbocycles. The summed E-state index contributed by atoms with van der Waals surface area (Å²) in [6.07, 6.45) is 1.33. The van der Waals surface area contributed by atoms with Crippen LogP contribution in [0.3, 0.4) is 0 Å². The lowest BCUT2D eigenvalue weighted by atomic mass is 10.2. The Bertz CT molecular complexity index is 390. The molecule has 0 unspecified atom stereocenters. The zero-order chi connectivity index (χ0) is 9.26. The first-order chi connectivity index (χ1) is 6.25. The van der Waals surface area contributed by atoms with Crippen molar-refractivity contribution in [2.75, 3.05) is 11.5 Å². The zero-order valence-electron chi connectivity index (χ0n) is 6.77. The first kappa shape index (κ1) is 7.60. The van der Waals surface area contributed by atoms with Crippen molar-refractivity contribution in [3.8, 4) is 11.5 Å². The number of nitrogens with two attached hydrogens (primary N) is 2. The van der Waals surface area contributed by atoms with Gasteiger partial charge in [0.2, 0.25) is 0 Å². The Labute approximate surface area is 74.4 Å². The quantitative estimate of drug-likeness (QED) is 0.630. The maximum atomic E-state index is 5.60. The molecular weight excluding hydrogens is 168 g/mol. The van der Waals surface area contributed by atoms with Gasteiger partial charge in [-0.1, -0.05) is 5.16 Å². The monoisotopic (exact) mass is 176 g/mol. The van der Waals surface area contributed by atoms with Crippen LogP contribution in [0.5, 0.6) is 0 Å². The number of hydrogen-bond donors (Lipinski definition) is 2. The molecule has 0 atom stereocenters. The minimum Gasteiger partial charge on any atom is -0.399 e. The predicted molar refractivity (Wildman–Crippen MR) is 48.6 cm³/mol. The van der Waals surface area contributed by atoms with E-state index in [2.05, 4.69) is 10.1 Å². The van der Waals surface area contributed by atoms with Gasteiger partial charge in [0.25, 0.3) is 5.89 Å². The fraction of sp³-hybridized carbons (Fsp3) is 0. The highest BCUT2D eigenvalue weighted by Gasteiger charge is 2.04. The standard InChI is InChI=1S/C8H8N4O/c9-6-1-5(2-7(10)3-6)8-11-4-12-13-8/h1-4H,9-10H2. The Morgan fingerprint density at radius 3 is 2.31 bits per heavy atom. The van der Waals surface area contributed by atoms with Crippen LogP contribution in [-0.2, 0) is 0 Å². The summed E-state index contributed by atoms with van der Waals surface area (Å²) in [6.45, 7) is 0. The van der Waals surface area contributed by atoms with Gasteiger partial charge in [-0.25, -0.2) is 0 Å². The SMILES string of the molecule is Nc1cc(N)cc(-c2ncno2)c1. The number of nitrogen functional groups attached to an aromatic ring is 2. The predicted octanol–water partition coefficient (Wildman–Crippen LogP) is 0.901. The summed E-state index contributed by atoms with van der Waals surface area (Å²) in [5.41, 5.74) is 13.1. The third kappa shape index (κ3) is 1.44. The largest absolute Gasteiger partial charge is 0.399 e. The van der Waals surface area contributed by atoms with E-state index in [1.165, 1.54) is 6.33 Å². The highest BCUT2D eigenvalue weighted by Crippen LogP contribution is 2.22. The van der Waals surface area contributed by atoms with Gasteiger partial charge in [-0.2, -0.15) is 4.98 Å². The third-order valence-electron chi connectivity index (χ3n) is 1.59. The molecule has 4 N–H and O–H groups in total. The van der Waals surface area contributed by atoms with E-state index >= 15 is 0 Å². The molecule has 0 fully saturated rings. The Balaban J connectivity index is 2.53. The molecule has 0 amide bonds. The van der Waals surface area contributed by atoms with Crippen LogP contribution in [0.1, 0.15) is 0 Å². The van der Waals surface area contributed by atoms with E-state index in [1.54, 1.807) is 18.2 Å². The molecule has 0 saturated carbocycles. The van der Waals surface area contributed by atoms with Gasteiger partial charge in [-0.3, -0.25) is 0 Å². The molecular formula is C8H8N4O. The normalized spacial score (nSPS) is 10.2. The van der Waals surface area contributed by atoms with E-state index in [1.807, 2.05) is 0 Å². The molecule has 0 aliphatic rings. The van der Waals surface area contributed by atoms with Crippen LogP contribution in [-0.4, -0.2) is 10.1 Å². The molecule has 5 nitrogen and oxygen atoms in total. The van der Waals surface area contributed by atoms with Crippen molar-refractivity contribution in [3.63, 3.8) is 0 Å². The maximum absolute atomic E-state index is 5.60. The molecule has 0 radical (unpaired) electrons. The van der Waals surface area contributed by atoms with E-state index < -0.39 is 0 Å². The zero-order valence-corrected chi connectivity index (χ0v) is 6.77. The number of hydrogen-bond acceptors (Lipinski definition) is 5. The van der Waals surface area contributed by atoms with E-state index in [-0.39, 0.29) is 0 Å². The Morgan fingerprint density at radius 1 is 1.08 bits per heavy atom. The van der Waals surface area contributed by atoms with Crippen molar-refractivity contribution < 1.29 is 4.52 Å². The van der Waals surface area contributed by atoms with Crippen molar-refractivity contribution in [1.29, 1.82) is 0 Å². The second-order valence-electron chi connectivity index (χ2n) is 2.63. The molecule has 2 aromatic rings. The second-order valence-corrected chi connectivity index (χ2v) is 2.63. The van der Waals surface area contributed by atoms with Crippen LogP contribution in [0.2, 0.25) is 0 Å². The topological polar surface area (TPSA) is 91.0 Å². The van der Waals surface area contributed by atoms with E-state index in [4.69, 9.17) is 16.0 Å².